The number of carbonyl (C=O) groups excluding carboxylic acids is 1. The third-order valence-corrected chi connectivity index (χ3v) is 5.43. The Morgan fingerprint density at radius 3 is 2.90 bits per heavy atom. The maximum absolute atomic E-state index is 12.6. The highest BCUT2D eigenvalue weighted by Gasteiger charge is 2.16. The molecule has 0 unspecified atom stereocenters. The molecule has 0 aliphatic heterocycles. The molecule has 2 aromatic carbocycles. The van der Waals surface area contributed by atoms with Crippen LogP contribution in [0.4, 0.5) is 0 Å². The number of hydrogen-bond acceptors (Lipinski definition) is 8. The van der Waals surface area contributed by atoms with E-state index in [0.717, 1.165) is 20.8 Å². The summed E-state index contributed by atoms with van der Waals surface area (Å²) in [4.78, 5) is 17.2. The average molecular weight is 472 g/mol. The van der Waals surface area contributed by atoms with Crippen molar-refractivity contribution in [2.75, 3.05) is 7.11 Å². The fourth-order valence-corrected chi connectivity index (χ4v) is 3.87. The van der Waals surface area contributed by atoms with Crippen LogP contribution in [0.2, 0.25) is 0 Å². The first-order chi connectivity index (χ1) is 14.2. The van der Waals surface area contributed by atoms with E-state index < -0.39 is 5.97 Å². The van der Waals surface area contributed by atoms with Crippen LogP contribution < -0.4 is 4.74 Å². The molecule has 0 fully saturated rings. The highest BCUT2D eigenvalue weighted by Crippen LogP contribution is 2.34. The Morgan fingerprint density at radius 2 is 2.10 bits per heavy atom. The van der Waals surface area contributed by atoms with Gasteiger partial charge in [-0.2, -0.15) is 4.68 Å². The van der Waals surface area contributed by atoms with Crippen LogP contribution in [0.15, 0.2) is 58.6 Å². The number of esters is 1. The minimum Gasteiger partial charge on any atom is -0.496 e. The van der Waals surface area contributed by atoms with Crippen molar-refractivity contribution in [2.24, 2.45) is 0 Å². The molecule has 146 valence electrons. The number of ether oxygens (including phenoxy) is 2. The maximum atomic E-state index is 12.6. The van der Waals surface area contributed by atoms with Gasteiger partial charge < -0.3 is 9.47 Å². The lowest BCUT2D eigenvalue weighted by molar-refractivity contribution is 0.0468. The second-order valence-corrected chi connectivity index (χ2v) is 7.61. The molecule has 0 aliphatic carbocycles. The quantitative estimate of drug-likeness (QED) is 0.393. The predicted octanol–water partition coefficient (Wildman–Crippen LogP) is 3.91. The molecule has 0 aliphatic rings. The number of methoxy groups -OCH3 is 1. The molecule has 0 radical (unpaired) electrons. The summed E-state index contributed by atoms with van der Waals surface area (Å²) in [5, 5.41) is 13.7. The smallest absolute Gasteiger partial charge is 0.340 e. The van der Waals surface area contributed by atoms with E-state index in [2.05, 4.69) is 36.4 Å². The van der Waals surface area contributed by atoms with Gasteiger partial charge in [-0.1, -0.05) is 28.1 Å². The minimum absolute atomic E-state index is 0.0512. The van der Waals surface area contributed by atoms with Gasteiger partial charge in [-0.25, -0.2) is 9.78 Å². The van der Waals surface area contributed by atoms with Gasteiger partial charge >= 0.3 is 5.97 Å². The average Bonchev–Trinajstić information content (AvgIpc) is 3.44. The summed E-state index contributed by atoms with van der Waals surface area (Å²) in [6, 6.07) is 12.7. The van der Waals surface area contributed by atoms with E-state index >= 15 is 0 Å². The Labute approximate surface area is 178 Å². The van der Waals surface area contributed by atoms with Gasteiger partial charge in [-0.05, 0) is 40.8 Å². The first-order valence-electron chi connectivity index (χ1n) is 8.43. The summed E-state index contributed by atoms with van der Waals surface area (Å²) in [6.07, 6.45) is 1.42. The van der Waals surface area contributed by atoms with Crippen LogP contribution in [0.5, 0.6) is 5.75 Å². The van der Waals surface area contributed by atoms with Crippen molar-refractivity contribution >= 4 is 33.2 Å². The Hall–Kier alpha value is -3.11. The minimum atomic E-state index is -0.481. The van der Waals surface area contributed by atoms with Gasteiger partial charge in [-0.3, -0.25) is 0 Å². The van der Waals surface area contributed by atoms with Crippen molar-refractivity contribution < 1.29 is 14.3 Å². The third-order valence-electron chi connectivity index (χ3n) is 4.01. The lowest BCUT2D eigenvalue weighted by Crippen LogP contribution is -2.10. The molecule has 2 heterocycles. The zero-order valence-corrected chi connectivity index (χ0v) is 17.6. The number of rotatable bonds is 6. The van der Waals surface area contributed by atoms with Gasteiger partial charge in [0, 0.05) is 9.85 Å². The van der Waals surface area contributed by atoms with Crippen molar-refractivity contribution in [3.05, 3.63) is 69.9 Å². The summed E-state index contributed by atoms with van der Waals surface area (Å²) in [5.74, 6) is 0.243. The summed E-state index contributed by atoms with van der Waals surface area (Å²) >= 11 is 4.92. The van der Waals surface area contributed by atoms with Crippen LogP contribution in [0.25, 0.3) is 16.3 Å². The topological polar surface area (TPSA) is 92.0 Å². The third kappa shape index (κ3) is 4.17. The number of benzene rings is 2. The van der Waals surface area contributed by atoms with Crippen LogP contribution in [0, 0.1) is 0 Å². The van der Waals surface area contributed by atoms with Gasteiger partial charge in [0.25, 0.3) is 0 Å². The SMILES string of the molecule is COc1ccc(Br)cc1-c1nc(COC(=O)c2ccccc2-n2cnnn2)cs1. The molecule has 8 nitrogen and oxygen atoms in total. The van der Waals surface area contributed by atoms with Gasteiger partial charge in [0.15, 0.2) is 0 Å². The second-order valence-electron chi connectivity index (χ2n) is 5.84. The molecule has 0 amide bonds. The number of halogens is 1. The fraction of sp³-hybridized carbons (Fsp3) is 0.105. The lowest BCUT2D eigenvalue weighted by atomic mass is 10.2. The van der Waals surface area contributed by atoms with Gasteiger partial charge in [0.2, 0.25) is 0 Å². The highest BCUT2D eigenvalue weighted by molar-refractivity contribution is 9.10. The highest BCUT2D eigenvalue weighted by atomic mass is 79.9. The van der Waals surface area contributed by atoms with Crippen molar-refractivity contribution in [2.45, 2.75) is 6.61 Å². The van der Waals surface area contributed by atoms with E-state index in [4.69, 9.17) is 9.47 Å². The van der Waals surface area contributed by atoms with Crippen LogP contribution in [-0.4, -0.2) is 38.3 Å². The Kier molecular flexibility index (Phi) is 5.63. The van der Waals surface area contributed by atoms with Crippen LogP contribution >= 0.6 is 27.3 Å². The number of tetrazole rings is 1. The Morgan fingerprint density at radius 1 is 1.24 bits per heavy atom. The van der Waals surface area contributed by atoms with Crippen LogP contribution in [0.1, 0.15) is 16.1 Å². The molecule has 2 aromatic heterocycles. The predicted molar refractivity (Wildman–Crippen MR) is 110 cm³/mol. The zero-order chi connectivity index (χ0) is 20.2. The normalized spacial score (nSPS) is 10.7. The number of thiazole rings is 1. The number of para-hydroxylation sites is 1. The van der Waals surface area contributed by atoms with E-state index in [-0.39, 0.29) is 6.61 Å². The standard InChI is InChI=1S/C19H14BrN5O3S/c1-27-17-7-6-12(20)8-15(17)18-22-13(10-29-18)9-28-19(26)14-4-2-3-5-16(14)25-11-21-23-24-25/h2-8,10-11H,9H2,1H3. The summed E-state index contributed by atoms with van der Waals surface area (Å²) in [7, 11) is 1.62. The molecular formula is C19H14BrN5O3S. The van der Waals surface area contributed by atoms with E-state index in [1.807, 2.05) is 23.6 Å². The summed E-state index contributed by atoms with van der Waals surface area (Å²) < 4.78 is 13.2. The zero-order valence-electron chi connectivity index (χ0n) is 15.2. The fourth-order valence-electron chi connectivity index (χ4n) is 2.68. The molecule has 4 rings (SSSR count). The monoisotopic (exact) mass is 471 g/mol. The van der Waals surface area contributed by atoms with Crippen molar-refractivity contribution in [1.29, 1.82) is 0 Å². The Balaban J connectivity index is 1.50. The van der Waals surface area contributed by atoms with Gasteiger partial charge in [0.1, 0.15) is 23.7 Å². The molecule has 0 saturated heterocycles. The van der Waals surface area contributed by atoms with Crippen LogP contribution in [-0.2, 0) is 11.3 Å². The van der Waals surface area contributed by atoms with Gasteiger partial charge in [0.05, 0.1) is 29.6 Å². The Bertz CT molecular complexity index is 1150. The van der Waals surface area contributed by atoms with E-state index in [0.29, 0.717) is 16.9 Å². The largest absolute Gasteiger partial charge is 0.496 e. The molecule has 4 aromatic rings. The summed E-state index contributed by atoms with van der Waals surface area (Å²) in [5.41, 5.74) is 2.43. The van der Waals surface area contributed by atoms with Crippen molar-refractivity contribution in [3.8, 4) is 22.0 Å². The molecule has 10 heteroatoms. The lowest BCUT2D eigenvalue weighted by Gasteiger charge is -2.08. The first-order valence-corrected chi connectivity index (χ1v) is 10.1. The van der Waals surface area contributed by atoms with Crippen molar-refractivity contribution in [1.82, 2.24) is 25.2 Å². The van der Waals surface area contributed by atoms with Crippen molar-refractivity contribution in [3.63, 3.8) is 0 Å². The molecule has 0 spiro atoms. The van der Waals surface area contributed by atoms with Gasteiger partial charge in [-0.15, -0.1) is 16.4 Å². The number of carbonyl (C=O) groups is 1. The molecule has 0 bridgehead atoms. The first kappa shape index (κ1) is 19.2. The molecular weight excluding hydrogens is 458 g/mol. The van der Waals surface area contributed by atoms with E-state index in [1.165, 1.54) is 22.3 Å². The molecule has 0 N–H and O–H groups in total. The van der Waals surface area contributed by atoms with E-state index in [9.17, 15) is 4.79 Å². The number of hydrogen-bond donors (Lipinski definition) is 0. The molecule has 0 atom stereocenters. The maximum Gasteiger partial charge on any atom is 0.340 e. The second kappa shape index (κ2) is 8.50. The molecule has 29 heavy (non-hydrogen) atoms. The van der Waals surface area contributed by atoms with Crippen LogP contribution in [0.3, 0.4) is 0 Å². The molecule has 0 saturated carbocycles. The van der Waals surface area contributed by atoms with E-state index in [1.54, 1.807) is 31.4 Å². The number of nitrogens with zero attached hydrogens (tertiary/aromatic N) is 5. The number of aromatic nitrogens is 5. The summed E-state index contributed by atoms with van der Waals surface area (Å²) in [6.45, 7) is 0.0512.